The molecular weight excluding hydrogens is 186 g/mol. The normalized spacial score (nSPS) is 10.5. The second kappa shape index (κ2) is 6.02. The van der Waals surface area contributed by atoms with Crippen molar-refractivity contribution >= 4 is 5.91 Å². The first-order valence-corrected chi connectivity index (χ1v) is 5.22. The van der Waals surface area contributed by atoms with Crippen molar-refractivity contribution in [3.8, 4) is 0 Å². The van der Waals surface area contributed by atoms with Crippen LogP contribution in [0.1, 0.15) is 25.8 Å². The first-order chi connectivity index (χ1) is 7.24. The van der Waals surface area contributed by atoms with E-state index in [1.54, 1.807) is 11.8 Å². The Hall–Kier alpha value is -1.57. The summed E-state index contributed by atoms with van der Waals surface area (Å²) in [5.41, 5.74) is 1.15. The number of hydrogen-bond acceptors (Lipinski definition) is 1. The van der Waals surface area contributed by atoms with E-state index in [0.717, 1.165) is 12.0 Å². The predicted molar refractivity (Wildman–Crippen MR) is 62.1 cm³/mol. The van der Waals surface area contributed by atoms with Crippen LogP contribution in [0.25, 0.3) is 0 Å². The topological polar surface area (TPSA) is 20.3 Å². The van der Waals surface area contributed by atoms with Crippen LogP contribution in [0.15, 0.2) is 42.6 Å². The van der Waals surface area contributed by atoms with Crippen molar-refractivity contribution in [2.45, 2.75) is 26.8 Å². The van der Waals surface area contributed by atoms with Crippen molar-refractivity contribution in [3.63, 3.8) is 0 Å². The van der Waals surface area contributed by atoms with Crippen LogP contribution in [0, 0.1) is 0 Å². The third-order valence-electron chi connectivity index (χ3n) is 2.12. The summed E-state index contributed by atoms with van der Waals surface area (Å²) in [5.74, 6) is 0.0727. The maximum absolute atomic E-state index is 11.3. The lowest BCUT2D eigenvalue weighted by Gasteiger charge is -2.16. The zero-order valence-electron chi connectivity index (χ0n) is 9.31. The van der Waals surface area contributed by atoms with Crippen LogP contribution in [0.3, 0.4) is 0 Å². The highest BCUT2D eigenvalue weighted by molar-refractivity contribution is 5.74. The van der Waals surface area contributed by atoms with Crippen LogP contribution in [0.5, 0.6) is 0 Å². The number of benzene rings is 1. The minimum absolute atomic E-state index is 0.0727. The van der Waals surface area contributed by atoms with Gasteiger partial charge in [0.05, 0.1) is 6.54 Å². The van der Waals surface area contributed by atoms with Gasteiger partial charge in [-0.2, -0.15) is 0 Å². The third kappa shape index (κ3) is 3.98. The van der Waals surface area contributed by atoms with Gasteiger partial charge >= 0.3 is 0 Å². The third-order valence-corrected chi connectivity index (χ3v) is 2.12. The fourth-order valence-electron chi connectivity index (χ4n) is 1.28. The van der Waals surface area contributed by atoms with Gasteiger partial charge in [-0.05, 0) is 12.0 Å². The summed E-state index contributed by atoms with van der Waals surface area (Å²) in [6, 6.07) is 9.99. The highest BCUT2D eigenvalue weighted by Crippen LogP contribution is 2.05. The molecule has 0 heterocycles. The van der Waals surface area contributed by atoms with Crippen molar-refractivity contribution in [2.75, 3.05) is 0 Å². The zero-order chi connectivity index (χ0) is 11.1. The molecule has 0 aliphatic rings. The maximum atomic E-state index is 11.3. The molecule has 0 fully saturated rings. The molecule has 0 N–H and O–H groups in total. The molecule has 0 radical (unpaired) electrons. The fourth-order valence-corrected chi connectivity index (χ4v) is 1.28. The van der Waals surface area contributed by atoms with E-state index < -0.39 is 0 Å². The van der Waals surface area contributed by atoms with Gasteiger partial charge in [0.1, 0.15) is 0 Å². The summed E-state index contributed by atoms with van der Waals surface area (Å²) < 4.78 is 0. The summed E-state index contributed by atoms with van der Waals surface area (Å²) in [6.45, 7) is 4.28. The van der Waals surface area contributed by atoms with Crippen molar-refractivity contribution in [1.82, 2.24) is 4.90 Å². The number of allylic oxidation sites excluding steroid dienone is 1. The van der Waals surface area contributed by atoms with Gasteiger partial charge in [0, 0.05) is 13.1 Å². The second-order valence-corrected chi connectivity index (χ2v) is 3.43. The fraction of sp³-hybridized carbons (Fsp3) is 0.308. The smallest absolute Gasteiger partial charge is 0.223 e. The molecule has 0 aromatic heterocycles. The number of carbonyl (C=O) groups excluding carboxylic acids is 1. The van der Waals surface area contributed by atoms with Crippen LogP contribution in [0.2, 0.25) is 0 Å². The molecule has 0 spiro atoms. The Morgan fingerprint density at radius 3 is 2.53 bits per heavy atom. The van der Waals surface area contributed by atoms with Crippen molar-refractivity contribution < 1.29 is 4.79 Å². The van der Waals surface area contributed by atoms with Crippen LogP contribution in [-0.2, 0) is 11.3 Å². The number of nitrogens with zero attached hydrogens (tertiary/aromatic N) is 1. The van der Waals surface area contributed by atoms with Crippen LogP contribution in [-0.4, -0.2) is 10.8 Å². The van der Waals surface area contributed by atoms with Gasteiger partial charge in [-0.1, -0.05) is 43.3 Å². The lowest BCUT2D eigenvalue weighted by Crippen LogP contribution is -2.22. The molecule has 1 aromatic rings. The molecule has 1 aromatic carbocycles. The van der Waals surface area contributed by atoms with E-state index in [2.05, 4.69) is 6.92 Å². The molecule has 0 saturated carbocycles. The Labute approximate surface area is 91.2 Å². The van der Waals surface area contributed by atoms with E-state index in [4.69, 9.17) is 0 Å². The molecule has 0 atom stereocenters. The monoisotopic (exact) mass is 203 g/mol. The van der Waals surface area contributed by atoms with Gasteiger partial charge < -0.3 is 4.90 Å². The average Bonchev–Trinajstić information content (AvgIpc) is 2.25. The average molecular weight is 203 g/mol. The summed E-state index contributed by atoms with van der Waals surface area (Å²) in [7, 11) is 0. The van der Waals surface area contributed by atoms with Gasteiger partial charge in [0.25, 0.3) is 0 Å². The molecule has 1 rings (SSSR count). The number of carbonyl (C=O) groups is 1. The highest BCUT2D eigenvalue weighted by atomic mass is 16.2. The SMILES string of the molecule is CC/C=C/N(Cc1ccccc1)C(C)=O. The van der Waals surface area contributed by atoms with Gasteiger partial charge in [0.15, 0.2) is 0 Å². The number of rotatable bonds is 4. The Balaban J connectivity index is 2.67. The Morgan fingerprint density at radius 2 is 2.00 bits per heavy atom. The number of hydrogen-bond donors (Lipinski definition) is 0. The van der Waals surface area contributed by atoms with E-state index in [0.29, 0.717) is 6.54 Å². The van der Waals surface area contributed by atoms with Crippen molar-refractivity contribution in [2.24, 2.45) is 0 Å². The lowest BCUT2D eigenvalue weighted by atomic mass is 10.2. The largest absolute Gasteiger partial charge is 0.315 e. The quantitative estimate of drug-likeness (QED) is 0.736. The molecule has 0 bridgehead atoms. The zero-order valence-corrected chi connectivity index (χ0v) is 9.31. The minimum atomic E-state index is 0.0727. The Morgan fingerprint density at radius 1 is 1.33 bits per heavy atom. The van der Waals surface area contributed by atoms with Crippen molar-refractivity contribution in [3.05, 3.63) is 48.2 Å². The number of amides is 1. The van der Waals surface area contributed by atoms with E-state index in [1.165, 1.54) is 0 Å². The summed E-state index contributed by atoms with van der Waals surface area (Å²) >= 11 is 0. The van der Waals surface area contributed by atoms with Crippen LogP contribution < -0.4 is 0 Å². The standard InChI is InChI=1S/C13H17NO/c1-3-4-10-14(12(2)15)11-13-8-6-5-7-9-13/h4-10H,3,11H2,1-2H3/b10-4+. The molecule has 0 aliphatic heterocycles. The van der Waals surface area contributed by atoms with Gasteiger partial charge in [-0.3, -0.25) is 4.79 Å². The molecule has 1 amide bonds. The molecule has 15 heavy (non-hydrogen) atoms. The highest BCUT2D eigenvalue weighted by Gasteiger charge is 2.04. The maximum Gasteiger partial charge on any atom is 0.223 e. The lowest BCUT2D eigenvalue weighted by molar-refractivity contribution is -0.126. The Bertz CT molecular complexity index is 330. The molecular formula is C13H17NO. The van der Waals surface area contributed by atoms with Crippen LogP contribution in [0.4, 0.5) is 0 Å². The molecule has 0 saturated heterocycles. The summed E-state index contributed by atoms with van der Waals surface area (Å²) in [5, 5.41) is 0. The predicted octanol–water partition coefficient (Wildman–Crippen LogP) is 2.96. The minimum Gasteiger partial charge on any atom is -0.315 e. The molecule has 2 nitrogen and oxygen atoms in total. The van der Waals surface area contributed by atoms with Gasteiger partial charge in [0.2, 0.25) is 5.91 Å². The van der Waals surface area contributed by atoms with Gasteiger partial charge in [-0.25, -0.2) is 0 Å². The van der Waals surface area contributed by atoms with E-state index in [1.807, 2.05) is 42.6 Å². The van der Waals surface area contributed by atoms with Crippen LogP contribution >= 0.6 is 0 Å². The Kier molecular flexibility index (Phi) is 4.61. The summed E-state index contributed by atoms with van der Waals surface area (Å²) in [4.78, 5) is 13.0. The van der Waals surface area contributed by atoms with Gasteiger partial charge in [-0.15, -0.1) is 0 Å². The van der Waals surface area contributed by atoms with E-state index in [-0.39, 0.29) is 5.91 Å². The van der Waals surface area contributed by atoms with Crippen molar-refractivity contribution in [1.29, 1.82) is 0 Å². The molecule has 2 heteroatoms. The molecule has 0 unspecified atom stereocenters. The van der Waals surface area contributed by atoms with E-state index in [9.17, 15) is 4.79 Å². The molecule has 80 valence electrons. The second-order valence-electron chi connectivity index (χ2n) is 3.43. The first-order valence-electron chi connectivity index (χ1n) is 5.22. The molecule has 0 aliphatic carbocycles. The summed E-state index contributed by atoms with van der Waals surface area (Å²) in [6.07, 6.45) is 4.79. The first kappa shape index (κ1) is 11.5. The van der Waals surface area contributed by atoms with E-state index >= 15 is 0 Å².